The van der Waals surface area contributed by atoms with Crippen molar-refractivity contribution in [3.05, 3.63) is 46.4 Å². The Morgan fingerprint density at radius 2 is 2.12 bits per heavy atom. The van der Waals surface area contributed by atoms with Crippen LogP contribution in [0, 0.1) is 12.7 Å². The zero-order chi connectivity index (χ0) is 17.4. The van der Waals surface area contributed by atoms with Crippen LogP contribution < -0.4 is 10.2 Å². The summed E-state index contributed by atoms with van der Waals surface area (Å²) < 4.78 is 21.4. The molecule has 6 heteroatoms. The highest BCUT2D eigenvalue weighted by Gasteiger charge is 2.26. The molecule has 1 fully saturated rings. The van der Waals surface area contributed by atoms with Crippen LogP contribution in [0.5, 0.6) is 0 Å². The third kappa shape index (κ3) is 3.04. The van der Waals surface area contributed by atoms with Crippen LogP contribution in [0.1, 0.15) is 34.8 Å². The molecule has 1 aromatic carbocycles. The number of anilines is 1. The summed E-state index contributed by atoms with van der Waals surface area (Å²) in [6, 6.07) is 5.62. The van der Waals surface area contributed by atoms with Crippen LogP contribution >= 0.6 is 0 Å². The maximum atomic E-state index is 13.9. The monoisotopic (exact) mass is 344 g/mol. The van der Waals surface area contributed by atoms with Crippen molar-refractivity contribution in [2.75, 3.05) is 31.2 Å². The lowest BCUT2D eigenvalue weighted by Gasteiger charge is -2.30. The highest BCUT2D eigenvalue weighted by molar-refractivity contribution is 5.50. The number of halogens is 1. The van der Waals surface area contributed by atoms with E-state index in [2.05, 4.69) is 22.2 Å². The molecule has 0 radical (unpaired) electrons. The number of benzene rings is 1. The summed E-state index contributed by atoms with van der Waals surface area (Å²) >= 11 is 0. The van der Waals surface area contributed by atoms with E-state index in [4.69, 9.17) is 4.74 Å². The lowest BCUT2D eigenvalue weighted by Crippen LogP contribution is -2.38. The lowest BCUT2D eigenvalue weighted by molar-refractivity contribution is 0.122. The van der Waals surface area contributed by atoms with E-state index in [-0.39, 0.29) is 11.9 Å². The van der Waals surface area contributed by atoms with Gasteiger partial charge in [0.15, 0.2) is 0 Å². The van der Waals surface area contributed by atoms with Crippen molar-refractivity contribution in [3.8, 4) is 0 Å². The molecular weight excluding hydrogens is 319 g/mol. The minimum absolute atomic E-state index is 0.0756. The summed E-state index contributed by atoms with van der Waals surface area (Å²) in [6.45, 7) is 6.10. The standard InChI is InChI=1S/C19H25FN4O/c1-13-16(19(23(2)22-13)24-8-10-25-11-9-24)12-21-18-7-6-14-15(18)4-3-5-17(14)20/h3-5,18,21H,6-12H2,1-2H3/t18-/m0/s1. The molecule has 2 heterocycles. The molecule has 1 N–H and O–H groups in total. The maximum Gasteiger partial charge on any atom is 0.131 e. The molecule has 0 spiro atoms. The largest absolute Gasteiger partial charge is 0.378 e. The van der Waals surface area contributed by atoms with Crippen molar-refractivity contribution >= 4 is 5.82 Å². The van der Waals surface area contributed by atoms with E-state index in [1.54, 1.807) is 6.07 Å². The highest BCUT2D eigenvalue weighted by Crippen LogP contribution is 2.33. The Labute approximate surface area is 147 Å². The zero-order valence-corrected chi connectivity index (χ0v) is 14.9. The van der Waals surface area contributed by atoms with Crippen molar-refractivity contribution < 1.29 is 9.13 Å². The van der Waals surface area contributed by atoms with Crippen LogP contribution in [0.4, 0.5) is 10.2 Å². The molecule has 1 saturated heterocycles. The van der Waals surface area contributed by atoms with Gasteiger partial charge in [-0.2, -0.15) is 5.10 Å². The van der Waals surface area contributed by atoms with Crippen molar-refractivity contribution in [2.24, 2.45) is 7.05 Å². The fraction of sp³-hybridized carbons (Fsp3) is 0.526. The Bertz CT molecular complexity index is 767. The smallest absolute Gasteiger partial charge is 0.131 e. The van der Waals surface area contributed by atoms with Gasteiger partial charge in [0.25, 0.3) is 0 Å². The van der Waals surface area contributed by atoms with Gasteiger partial charge in [-0.3, -0.25) is 4.68 Å². The summed E-state index contributed by atoms with van der Waals surface area (Å²) in [5.74, 6) is 1.10. The van der Waals surface area contributed by atoms with Gasteiger partial charge in [-0.25, -0.2) is 4.39 Å². The second-order valence-electron chi connectivity index (χ2n) is 6.89. The Morgan fingerprint density at radius 3 is 2.92 bits per heavy atom. The molecule has 0 saturated carbocycles. The third-order valence-electron chi connectivity index (χ3n) is 5.36. The third-order valence-corrected chi connectivity index (χ3v) is 5.36. The summed E-state index contributed by atoms with van der Waals surface area (Å²) in [5, 5.41) is 8.26. The number of aryl methyl sites for hydroxylation is 2. The van der Waals surface area contributed by atoms with Gasteiger partial charge in [0.05, 0.1) is 18.9 Å². The summed E-state index contributed by atoms with van der Waals surface area (Å²) in [5.41, 5.74) is 4.26. The predicted octanol–water partition coefficient (Wildman–Crippen LogP) is 2.48. The molecule has 0 amide bonds. The van der Waals surface area contributed by atoms with Crippen molar-refractivity contribution in [2.45, 2.75) is 32.4 Å². The van der Waals surface area contributed by atoms with Crippen molar-refractivity contribution in [1.29, 1.82) is 0 Å². The summed E-state index contributed by atoms with van der Waals surface area (Å²) in [7, 11) is 2.00. The molecule has 1 aliphatic heterocycles. The fourth-order valence-electron chi connectivity index (χ4n) is 4.11. The van der Waals surface area contributed by atoms with Gasteiger partial charge in [0.2, 0.25) is 0 Å². The number of nitrogens with zero attached hydrogens (tertiary/aromatic N) is 3. The predicted molar refractivity (Wildman–Crippen MR) is 95.3 cm³/mol. The summed E-state index contributed by atoms with van der Waals surface area (Å²) in [4.78, 5) is 2.35. The molecule has 0 unspecified atom stereocenters. The Morgan fingerprint density at radius 1 is 1.32 bits per heavy atom. The second-order valence-corrected chi connectivity index (χ2v) is 6.89. The highest BCUT2D eigenvalue weighted by atomic mass is 19.1. The second kappa shape index (κ2) is 6.77. The average Bonchev–Trinajstić information content (AvgIpc) is 3.15. The topological polar surface area (TPSA) is 42.3 Å². The number of hydrogen-bond donors (Lipinski definition) is 1. The van der Waals surface area contributed by atoms with Crippen LogP contribution in [-0.2, 0) is 24.8 Å². The number of fused-ring (bicyclic) bond motifs is 1. The molecule has 25 heavy (non-hydrogen) atoms. The molecule has 1 atom stereocenters. The zero-order valence-electron chi connectivity index (χ0n) is 14.9. The Balaban J connectivity index is 1.54. The quantitative estimate of drug-likeness (QED) is 0.925. The van der Waals surface area contributed by atoms with Crippen LogP contribution in [0.15, 0.2) is 18.2 Å². The Kier molecular flexibility index (Phi) is 4.48. The average molecular weight is 344 g/mol. The van der Waals surface area contributed by atoms with Crippen LogP contribution in [0.25, 0.3) is 0 Å². The van der Waals surface area contributed by atoms with Gasteiger partial charge in [-0.15, -0.1) is 0 Å². The molecule has 134 valence electrons. The molecule has 1 aromatic heterocycles. The normalized spacial score (nSPS) is 20.1. The molecule has 4 rings (SSSR count). The van der Waals surface area contributed by atoms with Crippen LogP contribution in [-0.4, -0.2) is 36.1 Å². The number of aromatic nitrogens is 2. The number of nitrogens with one attached hydrogen (secondary N) is 1. The van der Waals surface area contributed by atoms with Gasteiger partial charge in [-0.05, 0) is 37.0 Å². The minimum atomic E-state index is -0.0756. The molecule has 2 aromatic rings. The van der Waals surface area contributed by atoms with Gasteiger partial charge >= 0.3 is 0 Å². The van der Waals surface area contributed by atoms with Gasteiger partial charge in [0.1, 0.15) is 11.6 Å². The summed E-state index contributed by atoms with van der Waals surface area (Å²) in [6.07, 6.45) is 1.75. The van der Waals surface area contributed by atoms with Crippen LogP contribution in [0.2, 0.25) is 0 Å². The van der Waals surface area contributed by atoms with E-state index < -0.39 is 0 Å². The molecule has 0 bridgehead atoms. The molecular formula is C19H25FN4O. The van der Waals surface area contributed by atoms with Crippen molar-refractivity contribution in [1.82, 2.24) is 15.1 Å². The minimum Gasteiger partial charge on any atom is -0.378 e. The van der Waals surface area contributed by atoms with Gasteiger partial charge in [-0.1, -0.05) is 12.1 Å². The lowest BCUT2D eigenvalue weighted by atomic mass is 10.1. The molecule has 1 aliphatic carbocycles. The van der Waals surface area contributed by atoms with E-state index in [0.29, 0.717) is 0 Å². The number of hydrogen-bond acceptors (Lipinski definition) is 4. The number of rotatable bonds is 4. The number of ether oxygens (including phenoxy) is 1. The van der Waals surface area contributed by atoms with E-state index in [1.807, 2.05) is 23.9 Å². The van der Waals surface area contributed by atoms with E-state index in [9.17, 15) is 4.39 Å². The first-order valence-electron chi connectivity index (χ1n) is 9.01. The maximum absolute atomic E-state index is 13.9. The molecule has 2 aliphatic rings. The molecule has 5 nitrogen and oxygen atoms in total. The SMILES string of the molecule is Cc1nn(C)c(N2CCOCC2)c1CN[C@H]1CCc2c(F)cccc21. The fourth-order valence-corrected chi connectivity index (χ4v) is 4.11. The van der Waals surface area contributed by atoms with Gasteiger partial charge in [0, 0.05) is 38.3 Å². The first-order valence-corrected chi connectivity index (χ1v) is 9.01. The van der Waals surface area contributed by atoms with E-state index >= 15 is 0 Å². The number of morpholine rings is 1. The first kappa shape index (κ1) is 16.5. The van der Waals surface area contributed by atoms with E-state index in [0.717, 1.165) is 62.5 Å². The van der Waals surface area contributed by atoms with Crippen LogP contribution in [0.3, 0.4) is 0 Å². The van der Waals surface area contributed by atoms with E-state index in [1.165, 1.54) is 11.4 Å². The van der Waals surface area contributed by atoms with Crippen molar-refractivity contribution in [3.63, 3.8) is 0 Å². The van der Waals surface area contributed by atoms with Gasteiger partial charge < -0.3 is 15.0 Å². The Hall–Kier alpha value is -1.92. The first-order chi connectivity index (χ1) is 12.1.